The largest absolute Gasteiger partial charge is 0.147 e. The maximum absolute atomic E-state index is 2.10. The van der Waals surface area contributed by atoms with Gasteiger partial charge in [-0.05, 0) is 11.6 Å². The van der Waals surface area contributed by atoms with Crippen LogP contribution in [-0.4, -0.2) is 0 Å². The van der Waals surface area contributed by atoms with Crippen molar-refractivity contribution in [1.82, 2.24) is 0 Å². The van der Waals surface area contributed by atoms with Gasteiger partial charge in [-0.1, -0.05) is 26.4 Å². The van der Waals surface area contributed by atoms with Crippen LogP contribution in [0.3, 0.4) is 0 Å². The molecule has 0 fully saturated rings. The third-order valence-corrected chi connectivity index (χ3v) is 1.26. The molecule has 0 amide bonds. The molecule has 0 atom stereocenters. The van der Waals surface area contributed by atoms with Crippen LogP contribution in [0.5, 0.6) is 0 Å². The van der Waals surface area contributed by atoms with Crippen molar-refractivity contribution in [3.05, 3.63) is 29.8 Å². The molecule has 0 bridgehead atoms. The lowest BCUT2D eigenvalue weighted by Gasteiger charge is -1.69. The molecule has 0 saturated heterocycles. The van der Waals surface area contributed by atoms with Crippen molar-refractivity contribution in [2.24, 2.45) is 0 Å². The van der Waals surface area contributed by atoms with Crippen molar-refractivity contribution in [1.29, 1.82) is 0 Å². The molecule has 0 spiro atoms. The van der Waals surface area contributed by atoms with E-state index in [0.29, 0.717) is 0 Å². The van der Waals surface area contributed by atoms with Gasteiger partial charge < -0.3 is 0 Å². The van der Waals surface area contributed by atoms with Gasteiger partial charge in [0.05, 0.1) is 0 Å². The van der Waals surface area contributed by atoms with Crippen LogP contribution in [0, 0.1) is 0 Å². The highest BCUT2D eigenvalue weighted by molar-refractivity contribution is 7.28. The normalized spacial score (nSPS) is 6.86. The number of hydrogen-bond acceptors (Lipinski definition) is 0. The second-order valence-corrected chi connectivity index (χ2v) is 1.92. The predicted octanol–water partition coefficient (Wildman–Crippen LogP) is 2.69. The van der Waals surface area contributed by atoms with Crippen LogP contribution in [0.15, 0.2) is 29.8 Å². The van der Waals surface area contributed by atoms with Gasteiger partial charge in [0.2, 0.25) is 0 Å². The number of rotatable bonds is 0. The summed E-state index contributed by atoms with van der Waals surface area (Å²) in [6.45, 7) is 0. The van der Waals surface area contributed by atoms with Crippen molar-refractivity contribution in [2.45, 2.75) is 0 Å². The summed E-state index contributed by atoms with van der Waals surface area (Å²) in [5, 5.41) is 0. The third kappa shape index (κ3) is 2.61. The lowest BCUT2D eigenvalue weighted by atomic mass is 10.6. The summed E-state index contributed by atoms with van der Waals surface area (Å²) < 4.78 is 0. The van der Waals surface area contributed by atoms with Crippen LogP contribution < -0.4 is 0 Å². The zero-order valence-electron chi connectivity index (χ0n) is 3.74. The maximum atomic E-state index is 2.10. The monoisotopic (exact) mass is 132 g/mol. The van der Waals surface area contributed by atoms with Crippen molar-refractivity contribution in [2.75, 3.05) is 0 Å². The first-order valence-corrected chi connectivity index (χ1v) is 2.88. The van der Waals surface area contributed by atoms with Crippen molar-refractivity contribution >= 4 is 20.6 Å². The molecule has 0 aliphatic rings. The second kappa shape index (κ2) is 4.11. The topological polar surface area (TPSA) is 0 Å². The Morgan fingerprint density at radius 2 is 1.43 bits per heavy atom. The SMILES string of the molecule is Cl.c1ccpcc1. The molecule has 0 N–H and O–H groups in total. The molecule has 0 radical (unpaired) electrons. The summed E-state index contributed by atoms with van der Waals surface area (Å²) in [5.74, 6) is 4.19. The minimum Gasteiger partial charge on any atom is -0.147 e. The smallest absolute Gasteiger partial charge is 0.0347 e. The van der Waals surface area contributed by atoms with Gasteiger partial charge in [-0.15, -0.1) is 12.4 Å². The van der Waals surface area contributed by atoms with E-state index < -0.39 is 0 Å². The predicted molar refractivity (Wildman–Crippen MR) is 36.2 cm³/mol. The van der Waals surface area contributed by atoms with Gasteiger partial charge >= 0.3 is 0 Å². The Labute approximate surface area is 51.1 Å². The Kier molecular flexibility index (Phi) is 4.07. The standard InChI is InChI=1S/C5H5P.ClH/c1-2-4-6-5-3-1;/h1-5H;1H. The van der Waals surface area contributed by atoms with Gasteiger partial charge in [0.15, 0.2) is 0 Å². The average Bonchev–Trinajstić information content (AvgIpc) is 1.72. The van der Waals surface area contributed by atoms with E-state index in [4.69, 9.17) is 0 Å². The van der Waals surface area contributed by atoms with Gasteiger partial charge in [0, 0.05) is 0 Å². The van der Waals surface area contributed by atoms with E-state index in [2.05, 4.69) is 11.6 Å². The molecule has 0 nitrogen and oxygen atoms in total. The first kappa shape index (κ1) is 6.94. The van der Waals surface area contributed by atoms with Crippen LogP contribution >= 0.6 is 20.6 Å². The lowest BCUT2D eigenvalue weighted by molar-refractivity contribution is 1.89. The fourth-order valence-electron chi connectivity index (χ4n) is 0.313. The van der Waals surface area contributed by atoms with Crippen LogP contribution in [0.2, 0.25) is 0 Å². The van der Waals surface area contributed by atoms with E-state index >= 15 is 0 Å². The Bertz CT molecular complexity index is 80.0. The maximum Gasteiger partial charge on any atom is -0.0347 e. The highest BCUT2D eigenvalue weighted by Crippen LogP contribution is 1.98. The van der Waals surface area contributed by atoms with Gasteiger partial charge in [-0.25, -0.2) is 0 Å². The van der Waals surface area contributed by atoms with Gasteiger partial charge in [0.25, 0.3) is 0 Å². The van der Waals surface area contributed by atoms with Gasteiger partial charge in [-0.3, -0.25) is 0 Å². The quantitative estimate of drug-likeness (QED) is 0.509. The van der Waals surface area contributed by atoms with E-state index in [1.54, 1.807) is 0 Å². The Hall–Kier alpha value is -0.0600. The molecule has 1 heterocycles. The van der Waals surface area contributed by atoms with E-state index in [1.807, 2.05) is 18.2 Å². The average molecular weight is 133 g/mol. The fourth-order valence-corrected chi connectivity index (χ4v) is 0.810. The first-order valence-electron chi connectivity index (χ1n) is 1.85. The molecule has 7 heavy (non-hydrogen) atoms. The summed E-state index contributed by atoms with van der Waals surface area (Å²) in [4.78, 5) is 0. The molecule has 38 valence electrons. The molecule has 0 saturated carbocycles. The van der Waals surface area contributed by atoms with Crippen molar-refractivity contribution in [3.8, 4) is 0 Å². The van der Waals surface area contributed by atoms with E-state index in [1.165, 1.54) is 8.19 Å². The Morgan fingerprint density at radius 1 is 0.857 bits per heavy atom. The molecule has 0 aromatic carbocycles. The molecule has 1 aromatic heterocycles. The van der Waals surface area contributed by atoms with E-state index in [9.17, 15) is 0 Å². The van der Waals surface area contributed by atoms with Crippen LogP contribution in [0.1, 0.15) is 0 Å². The van der Waals surface area contributed by atoms with Crippen LogP contribution in [0.4, 0.5) is 0 Å². The summed E-state index contributed by atoms with van der Waals surface area (Å²) in [6, 6.07) is 6.11. The molecule has 0 aliphatic carbocycles. The summed E-state index contributed by atoms with van der Waals surface area (Å²) >= 11 is 0. The molecule has 1 aromatic rings. The Balaban J connectivity index is 0.000000360. The number of halogens is 1. The summed E-state index contributed by atoms with van der Waals surface area (Å²) in [5.41, 5.74) is 0. The highest BCUT2D eigenvalue weighted by Gasteiger charge is 1.58. The van der Waals surface area contributed by atoms with Gasteiger partial charge in [-0.2, -0.15) is 0 Å². The second-order valence-electron chi connectivity index (χ2n) is 1.02. The fraction of sp³-hybridized carbons (Fsp3) is 0. The third-order valence-electron chi connectivity index (χ3n) is 0.566. The minimum absolute atomic E-state index is 0. The first-order chi connectivity index (χ1) is 3.00. The molecule has 2 heteroatoms. The molecule has 0 aliphatic heterocycles. The molecule has 0 unspecified atom stereocenters. The molecular formula is C5H6ClP. The molecular weight excluding hydrogens is 126 g/mol. The van der Waals surface area contributed by atoms with Crippen LogP contribution in [-0.2, 0) is 0 Å². The molecule has 1 rings (SSSR count). The van der Waals surface area contributed by atoms with Crippen molar-refractivity contribution < 1.29 is 0 Å². The van der Waals surface area contributed by atoms with E-state index in [-0.39, 0.29) is 12.4 Å². The lowest BCUT2D eigenvalue weighted by Crippen LogP contribution is -1.39. The number of hydrogen-bond donors (Lipinski definition) is 0. The minimum atomic E-state index is 0. The van der Waals surface area contributed by atoms with Crippen molar-refractivity contribution in [3.63, 3.8) is 0 Å². The Morgan fingerprint density at radius 3 is 1.57 bits per heavy atom. The summed E-state index contributed by atoms with van der Waals surface area (Å²) in [7, 11) is 1.31. The zero-order chi connectivity index (χ0) is 4.24. The van der Waals surface area contributed by atoms with Gasteiger partial charge in [0.1, 0.15) is 0 Å². The summed E-state index contributed by atoms with van der Waals surface area (Å²) in [6.07, 6.45) is 0. The highest BCUT2D eigenvalue weighted by atomic mass is 35.5. The van der Waals surface area contributed by atoms with Crippen LogP contribution in [0.25, 0.3) is 0 Å². The zero-order valence-corrected chi connectivity index (χ0v) is 5.45. The van der Waals surface area contributed by atoms with E-state index in [0.717, 1.165) is 0 Å².